The van der Waals surface area contributed by atoms with Gasteiger partial charge in [-0.25, -0.2) is 0 Å². The number of benzene rings is 1. The van der Waals surface area contributed by atoms with E-state index in [-0.39, 0.29) is 49.9 Å². The van der Waals surface area contributed by atoms with Gasteiger partial charge in [0.25, 0.3) is 0 Å². The van der Waals surface area contributed by atoms with E-state index < -0.39 is 59.7 Å². The van der Waals surface area contributed by atoms with E-state index in [1.54, 1.807) is 7.11 Å². The molecule has 0 aliphatic carbocycles. The van der Waals surface area contributed by atoms with Gasteiger partial charge >= 0.3 is 0 Å². The summed E-state index contributed by atoms with van der Waals surface area (Å²) in [4.78, 5) is 72.5. The van der Waals surface area contributed by atoms with Crippen molar-refractivity contribution in [3.05, 3.63) is 35.9 Å². The normalized spacial score (nSPS) is 22.7. The number of carbonyl (C=O) groups is 5. The molecule has 5 amide bonds. The summed E-state index contributed by atoms with van der Waals surface area (Å²) < 4.78 is 16.3. The van der Waals surface area contributed by atoms with E-state index >= 15 is 0 Å². The van der Waals surface area contributed by atoms with Crippen molar-refractivity contribution >= 4 is 29.5 Å². The van der Waals surface area contributed by atoms with Gasteiger partial charge in [0, 0.05) is 20.1 Å². The van der Waals surface area contributed by atoms with Crippen molar-refractivity contribution in [2.24, 2.45) is 23.7 Å². The van der Waals surface area contributed by atoms with Gasteiger partial charge in [0.1, 0.15) is 30.2 Å². The lowest BCUT2D eigenvalue weighted by atomic mass is 9.96. The maximum absolute atomic E-state index is 14.6. The number of methoxy groups -OCH3 is 1. The Morgan fingerprint density at radius 2 is 1.08 bits per heavy atom. The van der Waals surface area contributed by atoms with Gasteiger partial charge in [-0.2, -0.15) is 0 Å². The first-order valence-corrected chi connectivity index (χ1v) is 18.8. The third-order valence-electron chi connectivity index (χ3n) is 8.76. The second-order valence-corrected chi connectivity index (χ2v) is 15.3. The average Bonchev–Trinajstić information content (AvgIpc) is 3.07. The number of carbonyl (C=O) groups excluding carboxylic acids is 5. The zero-order valence-electron chi connectivity index (χ0n) is 32.9. The van der Waals surface area contributed by atoms with Crippen LogP contribution in [0.25, 0.3) is 0 Å². The highest BCUT2D eigenvalue weighted by atomic mass is 16.5. The summed E-state index contributed by atoms with van der Waals surface area (Å²) in [6, 6.07) is 4.34. The van der Waals surface area contributed by atoms with Crippen molar-refractivity contribution in [3.63, 3.8) is 0 Å². The molecular weight excluding hydrogens is 666 g/mol. The van der Waals surface area contributed by atoms with Gasteiger partial charge in [-0.1, -0.05) is 85.7 Å². The van der Waals surface area contributed by atoms with Crippen molar-refractivity contribution in [3.8, 4) is 0 Å². The Morgan fingerprint density at radius 1 is 0.596 bits per heavy atom. The summed E-state index contributed by atoms with van der Waals surface area (Å²) in [6.45, 7) is 17.0. The lowest BCUT2D eigenvalue weighted by Gasteiger charge is -2.36. The highest BCUT2D eigenvalue weighted by Gasteiger charge is 2.39. The first-order valence-electron chi connectivity index (χ1n) is 18.8. The van der Waals surface area contributed by atoms with Gasteiger partial charge in [-0.05, 0) is 48.5 Å². The fourth-order valence-corrected chi connectivity index (χ4v) is 6.09. The van der Waals surface area contributed by atoms with Crippen LogP contribution in [0.2, 0.25) is 0 Å². The number of rotatable bonds is 18. The van der Waals surface area contributed by atoms with E-state index in [2.05, 4.69) is 21.3 Å². The quantitative estimate of drug-likeness (QED) is 0.168. The Morgan fingerprint density at radius 3 is 1.60 bits per heavy atom. The van der Waals surface area contributed by atoms with Crippen molar-refractivity contribution in [1.82, 2.24) is 26.2 Å². The predicted molar refractivity (Wildman–Crippen MR) is 200 cm³/mol. The minimum absolute atomic E-state index is 0.00982. The number of ether oxygens (including phenoxy) is 3. The molecule has 1 aliphatic rings. The van der Waals surface area contributed by atoms with E-state index in [0.717, 1.165) is 5.56 Å². The molecule has 13 heteroatoms. The molecule has 5 atom stereocenters. The van der Waals surface area contributed by atoms with Crippen LogP contribution in [0.1, 0.15) is 80.2 Å². The summed E-state index contributed by atoms with van der Waals surface area (Å²) in [5.41, 5.74) is 0.812. The van der Waals surface area contributed by atoms with Crippen LogP contribution in [-0.2, 0) is 44.6 Å². The standard InChI is InChI=1S/C39H65N5O8/c1-25(2)21-30-35(45)41-31(22-26(3)4)37(47)43-34(28(7)8)39(49)44(15-16-51-19-20-52-18-17-50-9)33(23-27(5)6)38(48)42-32(36(46)40-30)24-29-13-11-10-12-14-29/h10-14,25-28,30-34H,15-24H2,1-9H3,(H,40,46)(H,41,45)(H,42,48)(H,43,47)/t30-,31-,32-,33-,34-/m0/s1. The molecule has 0 bridgehead atoms. The summed E-state index contributed by atoms with van der Waals surface area (Å²) in [5, 5.41) is 11.7. The second-order valence-electron chi connectivity index (χ2n) is 15.3. The van der Waals surface area contributed by atoms with Gasteiger partial charge in [-0.15, -0.1) is 0 Å². The SMILES string of the molecule is COCCOCCOCCN1C(=O)[C@H](C(C)C)NC(=O)[C@H](CC(C)C)NC(=O)[C@H](CC(C)C)NC(=O)[C@H](Cc2ccccc2)NC(=O)[C@@H]1CC(C)C. The van der Waals surface area contributed by atoms with Gasteiger partial charge in [0.2, 0.25) is 29.5 Å². The molecule has 294 valence electrons. The fourth-order valence-electron chi connectivity index (χ4n) is 6.09. The molecule has 0 unspecified atom stereocenters. The monoisotopic (exact) mass is 731 g/mol. The molecule has 2 rings (SSSR count). The maximum atomic E-state index is 14.6. The summed E-state index contributed by atoms with van der Waals surface area (Å²) in [6.07, 6.45) is 1.08. The molecule has 1 heterocycles. The summed E-state index contributed by atoms with van der Waals surface area (Å²) in [5.74, 6) is -2.80. The van der Waals surface area contributed by atoms with Gasteiger partial charge < -0.3 is 40.4 Å². The number of hydrogen-bond donors (Lipinski definition) is 4. The van der Waals surface area contributed by atoms with Crippen LogP contribution in [0.5, 0.6) is 0 Å². The lowest BCUT2D eigenvalue weighted by molar-refractivity contribution is -0.146. The van der Waals surface area contributed by atoms with Crippen LogP contribution < -0.4 is 21.3 Å². The Balaban J connectivity index is 2.65. The Labute approximate surface area is 311 Å². The number of hydrogen-bond acceptors (Lipinski definition) is 8. The largest absolute Gasteiger partial charge is 0.382 e. The Kier molecular flexibility index (Phi) is 19.9. The Hall–Kier alpha value is -3.55. The minimum Gasteiger partial charge on any atom is -0.382 e. The van der Waals surface area contributed by atoms with Crippen LogP contribution >= 0.6 is 0 Å². The second kappa shape index (κ2) is 23.2. The first kappa shape index (κ1) is 44.6. The molecule has 1 aromatic rings. The molecule has 1 fully saturated rings. The molecule has 52 heavy (non-hydrogen) atoms. The van der Waals surface area contributed by atoms with Crippen molar-refractivity contribution in [2.45, 2.75) is 111 Å². The minimum atomic E-state index is -1.05. The third kappa shape index (κ3) is 15.6. The van der Waals surface area contributed by atoms with Crippen LogP contribution in [0.4, 0.5) is 0 Å². The number of amides is 5. The lowest BCUT2D eigenvalue weighted by Crippen LogP contribution is -2.61. The molecule has 13 nitrogen and oxygen atoms in total. The van der Waals surface area contributed by atoms with E-state index in [9.17, 15) is 24.0 Å². The maximum Gasteiger partial charge on any atom is 0.246 e. The van der Waals surface area contributed by atoms with Crippen molar-refractivity contribution in [1.29, 1.82) is 0 Å². The highest BCUT2D eigenvalue weighted by molar-refractivity contribution is 5.98. The smallest absolute Gasteiger partial charge is 0.246 e. The highest BCUT2D eigenvalue weighted by Crippen LogP contribution is 2.19. The third-order valence-corrected chi connectivity index (χ3v) is 8.76. The molecule has 0 spiro atoms. The van der Waals surface area contributed by atoms with Crippen LogP contribution in [0.15, 0.2) is 30.3 Å². The molecule has 1 saturated heterocycles. The molecule has 0 saturated carbocycles. The molecule has 0 aromatic heterocycles. The average molecular weight is 732 g/mol. The van der Waals surface area contributed by atoms with E-state index in [0.29, 0.717) is 39.1 Å². The zero-order chi connectivity index (χ0) is 38.8. The molecule has 1 aliphatic heterocycles. The molecule has 0 radical (unpaired) electrons. The van der Waals surface area contributed by atoms with Gasteiger partial charge in [0.05, 0.1) is 33.0 Å². The molecule has 4 N–H and O–H groups in total. The van der Waals surface area contributed by atoms with Crippen molar-refractivity contribution < 1.29 is 38.2 Å². The summed E-state index contributed by atoms with van der Waals surface area (Å²) in [7, 11) is 1.59. The number of nitrogens with zero attached hydrogens (tertiary/aromatic N) is 1. The Bertz CT molecular complexity index is 1260. The number of nitrogens with one attached hydrogen (secondary N) is 4. The van der Waals surface area contributed by atoms with Gasteiger partial charge in [-0.3, -0.25) is 24.0 Å². The topological polar surface area (TPSA) is 164 Å². The predicted octanol–water partition coefficient (Wildman–Crippen LogP) is 2.85. The van der Waals surface area contributed by atoms with Crippen LogP contribution in [-0.4, -0.2) is 111 Å². The fraction of sp³-hybridized carbons (Fsp3) is 0.718. The first-order chi connectivity index (χ1) is 24.6. The van der Waals surface area contributed by atoms with E-state index in [1.807, 2.05) is 85.7 Å². The zero-order valence-corrected chi connectivity index (χ0v) is 32.9. The molecule has 1 aromatic carbocycles. The van der Waals surface area contributed by atoms with E-state index in [4.69, 9.17) is 14.2 Å². The van der Waals surface area contributed by atoms with Crippen LogP contribution in [0.3, 0.4) is 0 Å². The van der Waals surface area contributed by atoms with Crippen molar-refractivity contribution in [2.75, 3.05) is 46.7 Å². The molecular formula is C39H65N5O8. The van der Waals surface area contributed by atoms with Crippen LogP contribution in [0, 0.1) is 23.7 Å². The summed E-state index contributed by atoms with van der Waals surface area (Å²) >= 11 is 0. The van der Waals surface area contributed by atoms with Gasteiger partial charge in [0.15, 0.2) is 0 Å². The van der Waals surface area contributed by atoms with E-state index in [1.165, 1.54) is 4.90 Å².